The van der Waals surface area contributed by atoms with Crippen LogP contribution in [-0.4, -0.2) is 31.7 Å². The number of hydrogen-bond acceptors (Lipinski definition) is 3. The predicted octanol–water partition coefficient (Wildman–Crippen LogP) is 2.69. The topological polar surface area (TPSA) is 21.7 Å². The molecule has 0 bridgehead atoms. The SMILES string of the molecule is CCCCN(C)Cc1ccc2c(c1)OCCO2. The lowest BCUT2D eigenvalue weighted by Gasteiger charge is -2.21. The van der Waals surface area contributed by atoms with E-state index in [1.165, 1.54) is 18.4 Å². The molecule has 1 aliphatic rings. The average Bonchev–Trinajstić information content (AvgIpc) is 2.36. The minimum Gasteiger partial charge on any atom is -0.486 e. The molecule has 2 rings (SSSR count). The molecule has 0 N–H and O–H groups in total. The lowest BCUT2D eigenvalue weighted by Crippen LogP contribution is -2.19. The van der Waals surface area contributed by atoms with Crippen LogP contribution in [-0.2, 0) is 6.54 Å². The van der Waals surface area contributed by atoms with Gasteiger partial charge in [-0.1, -0.05) is 19.4 Å². The molecule has 1 heterocycles. The lowest BCUT2D eigenvalue weighted by molar-refractivity contribution is 0.171. The summed E-state index contributed by atoms with van der Waals surface area (Å²) in [7, 11) is 2.16. The van der Waals surface area contributed by atoms with E-state index >= 15 is 0 Å². The highest BCUT2D eigenvalue weighted by molar-refractivity contribution is 5.43. The van der Waals surface area contributed by atoms with E-state index in [4.69, 9.17) is 9.47 Å². The van der Waals surface area contributed by atoms with Crippen LogP contribution < -0.4 is 9.47 Å². The predicted molar refractivity (Wildman–Crippen MR) is 68.7 cm³/mol. The van der Waals surface area contributed by atoms with Gasteiger partial charge in [0.25, 0.3) is 0 Å². The van der Waals surface area contributed by atoms with Crippen molar-refractivity contribution < 1.29 is 9.47 Å². The summed E-state index contributed by atoms with van der Waals surface area (Å²) in [6, 6.07) is 6.23. The van der Waals surface area contributed by atoms with Crippen LogP contribution in [0.5, 0.6) is 11.5 Å². The molecule has 1 aliphatic heterocycles. The maximum absolute atomic E-state index is 5.58. The largest absolute Gasteiger partial charge is 0.486 e. The van der Waals surface area contributed by atoms with Crippen molar-refractivity contribution in [2.45, 2.75) is 26.3 Å². The fourth-order valence-corrected chi connectivity index (χ4v) is 2.00. The van der Waals surface area contributed by atoms with Crippen molar-refractivity contribution in [3.63, 3.8) is 0 Å². The number of unbranched alkanes of at least 4 members (excludes halogenated alkanes) is 1. The molecule has 0 unspecified atom stereocenters. The standard InChI is InChI=1S/C14H21NO2/c1-3-4-7-15(2)11-12-5-6-13-14(10-12)17-9-8-16-13/h5-6,10H,3-4,7-9,11H2,1-2H3. The molecule has 1 aromatic carbocycles. The van der Waals surface area contributed by atoms with Crippen LogP contribution in [0.15, 0.2) is 18.2 Å². The summed E-state index contributed by atoms with van der Waals surface area (Å²) < 4.78 is 11.1. The van der Waals surface area contributed by atoms with Crippen LogP contribution in [0.4, 0.5) is 0 Å². The highest BCUT2D eigenvalue weighted by Gasteiger charge is 2.12. The van der Waals surface area contributed by atoms with Crippen LogP contribution in [0.3, 0.4) is 0 Å². The lowest BCUT2D eigenvalue weighted by atomic mass is 10.2. The summed E-state index contributed by atoms with van der Waals surface area (Å²) in [5.41, 5.74) is 1.29. The first kappa shape index (κ1) is 12.2. The first-order chi connectivity index (χ1) is 8.29. The van der Waals surface area contributed by atoms with E-state index in [1.807, 2.05) is 6.07 Å². The first-order valence-corrected chi connectivity index (χ1v) is 6.36. The van der Waals surface area contributed by atoms with Gasteiger partial charge >= 0.3 is 0 Å². The maximum atomic E-state index is 5.58. The van der Waals surface area contributed by atoms with Crippen molar-refractivity contribution >= 4 is 0 Å². The Hall–Kier alpha value is -1.22. The zero-order valence-electron chi connectivity index (χ0n) is 10.7. The molecule has 0 aromatic heterocycles. The quantitative estimate of drug-likeness (QED) is 0.783. The number of benzene rings is 1. The second-order valence-corrected chi connectivity index (χ2v) is 4.57. The molecule has 3 nitrogen and oxygen atoms in total. The Bertz CT molecular complexity index is 365. The van der Waals surface area contributed by atoms with Gasteiger partial charge in [-0.3, -0.25) is 0 Å². The summed E-state index contributed by atoms with van der Waals surface area (Å²) >= 11 is 0. The van der Waals surface area contributed by atoms with Crippen LogP contribution in [0.1, 0.15) is 25.3 Å². The van der Waals surface area contributed by atoms with Crippen LogP contribution in [0, 0.1) is 0 Å². The highest BCUT2D eigenvalue weighted by Crippen LogP contribution is 2.30. The first-order valence-electron chi connectivity index (χ1n) is 6.36. The van der Waals surface area contributed by atoms with Gasteiger partial charge in [0.15, 0.2) is 11.5 Å². The third-order valence-corrected chi connectivity index (χ3v) is 2.95. The third-order valence-electron chi connectivity index (χ3n) is 2.95. The molecular weight excluding hydrogens is 214 g/mol. The second-order valence-electron chi connectivity index (χ2n) is 4.57. The highest BCUT2D eigenvalue weighted by atomic mass is 16.6. The summed E-state index contributed by atoms with van der Waals surface area (Å²) in [4.78, 5) is 2.34. The number of ether oxygens (including phenoxy) is 2. The van der Waals surface area contributed by atoms with Gasteiger partial charge < -0.3 is 14.4 Å². The van der Waals surface area contributed by atoms with E-state index < -0.39 is 0 Å². The summed E-state index contributed by atoms with van der Waals surface area (Å²) in [6.07, 6.45) is 2.49. The summed E-state index contributed by atoms with van der Waals surface area (Å²) in [6.45, 7) is 5.64. The normalized spacial score (nSPS) is 14.1. The molecule has 0 fully saturated rings. The van der Waals surface area contributed by atoms with E-state index in [2.05, 4.69) is 31.0 Å². The zero-order valence-corrected chi connectivity index (χ0v) is 10.7. The molecule has 0 atom stereocenters. The van der Waals surface area contributed by atoms with Crippen molar-refractivity contribution in [2.24, 2.45) is 0 Å². The Morgan fingerprint density at radius 3 is 2.71 bits per heavy atom. The molecule has 0 radical (unpaired) electrons. The van der Waals surface area contributed by atoms with E-state index in [1.54, 1.807) is 0 Å². The Balaban J connectivity index is 1.97. The second kappa shape index (κ2) is 5.92. The summed E-state index contributed by atoms with van der Waals surface area (Å²) in [5.74, 6) is 1.76. The van der Waals surface area contributed by atoms with E-state index in [-0.39, 0.29) is 0 Å². The summed E-state index contributed by atoms with van der Waals surface area (Å²) in [5, 5.41) is 0. The smallest absolute Gasteiger partial charge is 0.161 e. The third kappa shape index (κ3) is 3.37. The Kier molecular flexibility index (Phi) is 4.26. The number of hydrogen-bond donors (Lipinski definition) is 0. The molecule has 94 valence electrons. The average molecular weight is 235 g/mol. The van der Waals surface area contributed by atoms with Crippen LogP contribution in [0.25, 0.3) is 0 Å². The molecule has 1 aromatic rings. The number of fused-ring (bicyclic) bond motifs is 1. The van der Waals surface area contributed by atoms with Crippen molar-refractivity contribution in [3.05, 3.63) is 23.8 Å². The molecule has 17 heavy (non-hydrogen) atoms. The van der Waals surface area contributed by atoms with Crippen LogP contribution in [0.2, 0.25) is 0 Å². The molecule has 0 saturated heterocycles. The van der Waals surface area contributed by atoms with Gasteiger partial charge in [0.1, 0.15) is 13.2 Å². The zero-order chi connectivity index (χ0) is 12.1. The van der Waals surface area contributed by atoms with Crippen molar-refractivity contribution in [2.75, 3.05) is 26.8 Å². The Morgan fingerprint density at radius 1 is 1.18 bits per heavy atom. The fourth-order valence-electron chi connectivity index (χ4n) is 2.00. The van der Waals surface area contributed by atoms with E-state index in [0.717, 1.165) is 24.6 Å². The number of rotatable bonds is 5. The van der Waals surface area contributed by atoms with Crippen LogP contribution >= 0.6 is 0 Å². The van der Waals surface area contributed by atoms with Gasteiger partial charge in [0.2, 0.25) is 0 Å². The molecule has 0 saturated carbocycles. The minimum absolute atomic E-state index is 0.655. The molecule has 0 aliphatic carbocycles. The molecule has 0 spiro atoms. The number of nitrogens with zero attached hydrogens (tertiary/aromatic N) is 1. The van der Waals surface area contributed by atoms with Crippen molar-refractivity contribution in [1.29, 1.82) is 0 Å². The molecular formula is C14H21NO2. The van der Waals surface area contributed by atoms with Gasteiger partial charge in [-0.25, -0.2) is 0 Å². The van der Waals surface area contributed by atoms with Gasteiger partial charge in [-0.2, -0.15) is 0 Å². The maximum Gasteiger partial charge on any atom is 0.161 e. The molecule has 0 amide bonds. The van der Waals surface area contributed by atoms with Crippen molar-refractivity contribution in [1.82, 2.24) is 4.90 Å². The van der Waals surface area contributed by atoms with Crippen molar-refractivity contribution in [3.8, 4) is 11.5 Å². The van der Waals surface area contributed by atoms with Gasteiger partial charge in [-0.05, 0) is 37.7 Å². The van der Waals surface area contributed by atoms with Gasteiger partial charge in [-0.15, -0.1) is 0 Å². The minimum atomic E-state index is 0.655. The van der Waals surface area contributed by atoms with Gasteiger partial charge in [0, 0.05) is 6.54 Å². The van der Waals surface area contributed by atoms with Gasteiger partial charge in [0.05, 0.1) is 0 Å². The fraction of sp³-hybridized carbons (Fsp3) is 0.571. The van der Waals surface area contributed by atoms with E-state index in [0.29, 0.717) is 13.2 Å². The Morgan fingerprint density at radius 2 is 1.94 bits per heavy atom. The monoisotopic (exact) mass is 235 g/mol. The Labute approximate surface area is 103 Å². The van der Waals surface area contributed by atoms with E-state index in [9.17, 15) is 0 Å². The molecule has 3 heteroatoms.